The van der Waals surface area contributed by atoms with E-state index in [-0.39, 0.29) is 5.39 Å². The van der Waals surface area contributed by atoms with E-state index in [0.717, 1.165) is 6.07 Å². The van der Waals surface area contributed by atoms with Crippen molar-refractivity contribution < 1.29 is 13.2 Å². The highest BCUT2D eigenvalue weighted by atomic mass is 19.4. The van der Waals surface area contributed by atoms with Crippen LogP contribution in [-0.2, 0) is 12.6 Å². The average Bonchev–Trinajstić information content (AvgIpc) is 2.24. The molecule has 0 aliphatic heterocycles. The molecule has 0 saturated heterocycles. The molecule has 20 heavy (non-hydrogen) atoms. The number of fused-ring (bicyclic) bond motifs is 1. The Kier molecular flexibility index (Phi) is 3.50. The monoisotopic (exact) mass is 282 g/mol. The normalized spacial score (nSPS) is 12.9. The van der Waals surface area contributed by atoms with Gasteiger partial charge in [0.15, 0.2) is 0 Å². The van der Waals surface area contributed by atoms with Gasteiger partial charge in [-0.1, -0.05) is 6.07 Å². The maximum absolute atomic E-state index is 13.0. The topological polar surface area (TPSA) is 38.9 Å². The molecule has 2 rings (SSSR count). The van der Waals surface area contributed by atoms with E-state index in [1.165, 1.54) is 6.07 Å². The van der Waals surface area contributed by atoms with Gasteiger partial charge in [-0.2, -0.15) is 13.2 Å². The van der Waals surface area contributed by atoms with Gasteiger partial charge in [0.2, 0.25) is 0 Å². The minimum absolute atomic E-state index is 0.165. The lowest BCUT2D eigenvalue weighted by molar-refractivity contribution is -0.136. The molecule has 2 N–H and O–H groups in total. The molecule has 5 heteroatoms. The van der Waals surface area contributed by atoms with Crippen LogP contribution in [0.25, 0.3) is 10.9 Å². The number of aryl methyl sites for hydroxylation is 1. The fraction of sp³-hybridized carbons (Fsp3) is 0.400. The second-order valence-electron chi connectivity index (χ2n) is 5.79. The van der Waals surface area contributed by atoms with Gasteiger partial charge >= 0.3 is 6.18 Å². The van der Waals surface area contributed by atoms with Crippen molar-refractivity contribution in [2.45, 2.75) is 38.9 Å². The van der Waals surface area contributed by atoms with Gasteiger partial charge < -0.3 is 5.73 Å². The van der Waals surface area contributed by atoms with Crippen LogP contribution in [0.15, 0.2) is 24.3 Å². The fourth-order valence-electron chi connectivity index (χ4n) is 2.35. The Bertz CT molecular complexity index is 640. The van der Waals surface area contributed by atoms with E-state index in [1.54, 1.807) is 19.1 Å². The van der Waals surface area contributed by atoms with Crippen LogP contribution in [0.2, 0.25) is 0 Å². The molecule has 1 aromatic heterocycles. The number of rotatable bonds is 2. The van der Waals surface area contributed by atoms with Crippen LogP contribution in [0.4, 0.5) is 13.2 Å². The molecule has 108 valence electrons. The Morgan fingerprint density at radius 3 is 2.40 bits per heavy atom. The molecule has 0 spiro atoms. The van der Waals surface area contributed by atoms with Gasteiger partial charge in [0.25, 0.3) is 0 Å². The van der Waals surface area contributed by atoms with E-state index in [2.05, 4.69) is 4.98 Å². The Hall–Kier alpha value is -1.62. The highest BCUT2D eigenvalue weighted by Crippen LogP contribution is 2.36. The van der Waals surface area contributed by atoms with E-state index in [9.17, 15) is 13.2 Å². The molecule has 0 aliphatic carbocycles. The number of halogens is 3. The first-order valence-corrected chi connectivity index (χ1v) is 6.33. The lowest BCUT2D eigenvalue weighted by Crippen LogP contribution is -2.34. The van der Waals surface area contributed by atoms with E-state index in [4.69, 9.17) is 5.73 Å². The first kappa shape index (κ1) is 14.8. The Morgan fingerprint density at radius 1 is 1.20 bits per heavy atom. The lowest BCUT2D eigenvalue weighted by atomic mass is 9.96. The molecule has 0 amide bonds. The number of pyridine rings is 1. The van der Waals surface area contributed by atoms with Crippen molar-refractivity contribution in [3.05, 3.63) is 41.1 Å². The summed E-state index contributed by atoms with van der Waals surface area (Å²) in [6.45, 7) is 5.40. The number of aromatic nitrogens is 1. The molecule has 0 saturated carbocycles. The summed E-state index contributed by atoms with van der Waals surface area (Å²) in [6.07, 6.45) is -3.86. The van der Waals surface area contributed by atoms with Crippen molar-refractivity contribution in [3.63, 3.8) is 0 Å². The minimum Gasteiger partial charge on any atom is -0.325 e. The second-order valence-corrected chi connectivity index (χ2v) is 5.79. The summed E-state index contributed by atoms with van der Waals surface area (Å²) in [5.74, 6) is 0. The van der Waals surface area contributed by atoms with E-state index < -0.39 is 17.3 Å². The van der Waals surface area contributed by atoms with E-state index in [1.807, 2.05) is 13.8 Å². The summed E-state index contributed by atoms with van der Waals surface area (Å²) in [5.41, 5.74) is 6.49. The molecule has 1 heterocycles. The van der Waals surface area contributed by atoms with Crippen LogP contribution in [-0.4, -0.2) is 10.5 Å². The van der Waals surface area contributed by atoms with Crippen LogP contribution in [0.5, 0.6) is 0 Å². The van der Waals surface area contributed by atoms with Crippen LogP contribution in [0, 0.1) is 6.92 Å². The number of hydrogen-bond donors (Lipinski definition) is 1. The number of nitrogens with two attached hydrogens (primary N) is 1. The third kappa shape index (κ3) is 3.10. The molecule has 1 aromatic carbocycles. The van der Waals surface area contributed by atoms with Crippen molar-refractivity contribution in [2.75, 3.05) is 0 Å². The molecule has 2 aromatic rings. The van der Waals surface area contributed by atoms with Gasteiger partial charge in [0.05, 0.1) is 11.1 Å². The van der Waals surface area contributed by atoms with Gasteiger partial charge in [-0.15, -0.1) is 0 Å². The van der Waals surface area contributed by atoms with Crippen LogP contribution in [0.1, 0.15) is 30.7 Å². The Morgan fingerprint density at radius 2 is 1.85 bits per heavy atom. The number of hydrogen-bond acceptors (Lipinski definition) is 2. The van der Waals surface area contributed by atoms with Gasteiger partial charge in [-0.25, -0.2) is 0 Å². The summed E-state index contributed by atoms with van der Waals surface area (Å²) < 4.78 is 39.1. The van der Waals surface area contributed by atoms with Gasteiger partial charge in [0, 0.05) is 23.0 Å². The molecule has 0 atom stereocenters. The zero-order valence-electron chi connectivity index (χ0n) is 11.7. The van der Waals surface area contributed by atoms with Gasteiger partial charge in [-0.05, 0) is 44.5 Å². The first-order valence-electron chi connectivity index (χ1n) is 6.33. The van der Waals surface area contributed by atoms with E-state index in [0.29, 0.717) is 23.2 Å². The summed E-state index contributed by atoms with van der Waals surface area (Å²) >= 11 is 0. The highest BCUT2D eigenvalue weighted by Gasteiger charge is 2.33. The second kappa shape index (κ2) is 4.74. The zero-order chi connectivity index (χ0) is 15.1. The Balaban J connectivity index is 2.64. The first-order chi connectivity index (χ1) is 9.08. The Labute approximate surface area is 115 Å². The third-order valence-corrected chi connectivity index (χ3v) is 3.03. The molecule has 0 fully saturated rings. The van der Waals surface area contributed by atoms with Crippen molar-refractivity contribution in [1.29, 1.82) is 0 Å². The molecule has 0 aliphatic rings. The predicted molar refractivity (Wildman–Crippen MR) is 73.5 cm³/mol. The summed E-state index contributed by atoms with van der Waals surface area (Å²) in [7, 11) is 0. The van der Waals surface area contributed by atoms with Crippen molar-refractivity contribution in [3.8, 4) is 0 Å². The van der Waals surface area contributed by atoms with Crippen LogP contribution >= 0.6 is 0 Å². The summed E-state index contributed by atoms with van der Waals surface area (Å²) in [6, 6.07) is 5.76. The van der Waals surface area contributed by atoms with E-state index >= 15 is 0 Å². The summed E-state index contributed by atoms with van der Waals surface area (Å²) in [5, 5.41) is 0.165. The van der Waals surface area contributed by atoms with Crippen LogP contribution < -0.4 is 5.73 Å². The molecular weight excluding hydrogens is 265 g/mol. The smallest absolute Gasteiger partial charge is 0.325 e. The SMILES string of the molecule is Cc1cc(CC(C)(C)N)nc2cccc(C(F)(F)F)c12. The molecule has 2 nitrogen and oxygen atoms in total. The number of alkyl halides is 3. The standard InChI is InChI=1S/C15H17F3N2/c1-9-7-10(8-14(2,3)19)20-12-6-4-5-11(13(9)12)15(16,17)18/h4-7H,8,19H2,1-3H3. The maximum Gasteiger partial charge on any atom is 0.417 e. The van der Waals surface area contributed by atoms with Gasteiger partial charge in [-0.3, -0.25) is 4.98 Å². The predicted octanol–water partition coefficient (Wildman–Crippen LogP) is 3.84. The zero-order valence-corrected chi connectivity index (χ0v) is 11.7. The number of nitrogens with zero attached hydrogens (tertiary/aromatic N) is 1. The molecular formula is C15H17F3N2. The molecule has 0 radical (unpaired) electrons. The van der Waals surface area contributed by atoms with Crippen LogP contribution in [0.3, 0.4) is 0 Å². The summed E-state index contributed by atoms with van der Waals surface area (Å²) in [4.78, 5) is 4.32. The average molecular weight is 282 g/mol. The molecule has 0 bridgehead atoms. The molecule has 0 unspecified atom stereocenters. The fourth-order valence-corrected chi connectivity index (χ4v) is 2.35. The van der Waals surface area contributed by atoms with Gasteiger partial charge in [0.1, 0.15) is 0 Å². The largest absolute Gasteiger partial charge is 0.417 e. The van der Waals surface area contributed by atoms with Crippen molar-refractivity contribution in [2.24, 2.45) is 5.73 Å². The quantitative estimate of drug-likeness (QED) is 0.909. The minimum atomic E-state index is -4.37. The highest BCUT2D eigenvalue weighted by molar-refractivity contribution is 5.86. The van der Waals surface area contributed by atoms with Crippen molar-refractivity contribution in [1.82, 2.24) is 4.98 Å². The maximum atomic E-state index is 13.0. The lowest BCUT2D eigenvalue weighted by Gasteiger charge is -2.19. The van der Waals surface area contributed by atoms with Crippen molar-refractivity contribution >= 4 is 10.9 Å². The third-order valence-electron chi connectivity index (χ3n) is 3.03. The number of benzene rings is 1.